The first-order chi connectivity index (χ1) is 6.77. The zero-order chi connectivity index (χ0) is 9.97. The lowest BCUT2D eigenvalue weighted by atomic mass is 10.00. The molecular weight excluding hydrogens is 177 g/mol. The van der Waals surface area contributed by atoms with Gasteiger partial charge < -0.3 is 5.32 Å². The van der Waals surface area contributed by atoms with E-state index in [0.717, 1.165) is 36.2 Å². The summed E-state index contributed by atoms with van der Waals surface area (Å²) in [4.78, 5) is 0. The summed E-state index contributed by atoms with van der Waals surface area (Å²) in [6.45, 7) is 3.76. The van der Waals surface area contributed by atoms with Gasteiger partial charge >= 0.3 is 0 Å². The highest BCUT2D eigenvalue weighted by molar-refractivity contribution is 5.68. The summed E-state index contributed by atoms with van der Waals surface area (Å²) in [6.07, 6.45) is 3.11. The fourth-order valence-electron chi connectivity index (χ4n) is 1.73. The van der Waals surface area contributed by atoms with Crippen LogP contribution < -0.4 is 5.32 Å². The predicted molar refractivity (Wildman–Crippen MR) is 56.6 cm³/mol. The fraction of sp³-hybridized carbons (Fsp3) is 0.333. The lowest BCUT2D eigenvalue weighted by Gasteiger charge is -2.15. The molecule has 1 nitrogen and oxygen atoms in total. The van der Waals surface area contributed by atoms with Gasteiger partial charge in [0, 0.05) is 12.1 Å². The van der Waals surface area contributed by atoms with E-state index in [1.165, 1.54) is 0 Å². The molecule has 0 aromatic heterocycles. The molecule has 14 heavy (non-hydrogen) atoms. The molecule has 0 radical (unpaired) electrons. The molecule has 2 rings (SSSR count). The molecule has 0 aliphatic carbocycles. The number of halogens is 1. The second-order valence-electron chi connectivity index (χ2n) is 3.68. The van der Waals surface area contributed by atoms with Crippen LogP contribution in [0.3, 0.4) is 0 Å². The maximum absolute atomic E-state index is 13.5. The number of hydrogen-bond acceptors (Lipinski definition) is 1. The smallest absolute Gasteiger partial charge is 0.130 e. The highest BCUT2D eigenvalue weighted by Crippen LogP contribution is 2.21. The first kappa shape index (κ1) is 9.41. The SMILES string of the molecule is Cc1ccc(F)c(C2=CCCNC2)c1. The molecule has 0 bridgehead atoms. The normalized spacial score (nSPS) is 16.6. The van der Waals surface area contributed by atoms with Crippen LogP contribution >= 0.6 is 0 Å². The van der Waals surface area contributed by atoms with Crippen LogP contribution in [0.5, 0.6) is 0 Å². The van der Waals surface area contributed by atoms with Crippen molar-refractivity contribution < 1.29 is 4.39 Å². The molecule has 0 atom stereocenters. The molecule has 0 amide bonds. The van der Waals surface area contributed by atoms with E-state index in [-0.39, 0.29) is 5.82 Å². The Labute approximate surface area is 83.6 Å². The van der Waals surface area contributed by atoms with Crippen LogP contribution in [0.1, 0.15) is 17.5 Å². The fourth-order valence-corrected chi connectivity index (χ4v) is 1.73. The van der Waals surface area contributed by atoms with E-state index in [9.17, 15) is 4.39 Å². The summed E-state index contributed by atoms with van der Waals surface area (Å²) in [5, 5.41) is 3.25. The summed E-state index contributed by atoms with van der Waals surface area (Å²) in [7, 11) is 0. The Hall–Kier alpha value is -1.15. The van der Waals surface area contributed by atoms with Gasteiger partial charge in [-0.1, -0.05) is 17.7 Å². The molecule has 1 aromatic carbocycles. The zero-order valence-corrected chi connectivity index (χ0v) is 8.31. The standard InChI is InChI=1S/C12H14FN/c1-9-4-5-12(13)11(7-9)10-3-2-6-14-8-10/h3-5,7,14H,2,6,8H2,1H3. The third-order valence-electron chi connectivity index (χ3n) is 2.50. The van der Waals surface area contributed by atoms with Gasteiger partial charge in [-0.3, -0.25) is 0 Å². The zero-order valence-electron chi connectivity index (χ0n) is 8.31. The monoisotopic (exact) mass is 191 g/mol. The third-order valence-corrected chi connectivity index (χ3v) is 2.50. The van der Waals surface area contributed by atoms with Crippen LogP contribution in [-0.4, -0.2) is 13.1 Å². The van der Waals surface area contributed by atoms with Crippen LogP contribution in [-0.2, 0) is 0 Å². The van der Waals surface area contributed by atoms with Gasteiger partial charge in [-0.25, -0.2) is 4.39 Å². The van der Waals surface area contributed by atoms with Gasteiger partial charge in [0.15, 0.2) is 0 Å². The number of rotatable bonds is 1. The van der Waals surface area contributed by atoms with E-state index in [0.29, 0.717) is 0 Å². The van der Waals surface area contributed by atoms with Crippen LogP contribution in [0.2, 0.25) is 0 Å². The van der Waals surface area contributed by atoms with Crippen molar-refractivity contribution in [1.82, 2.24) is 5.32 Å². The number of aryl methyl sites for hydroxylation is 1. The second kappa shape index (κ2) is 3.93. The van der Waals surface area contributed by atoms with Gasteiger partial charge in [0.25, 0.3) is 0 Å². The molecular formula is C12H14FN. The van der Waals surface area contributed by atoms with Crippen molar-refractivity contribution >= 4 is 5.57 Å². The van der Waals surface area contributed by atoms with Crippen molar-refractivity contribution in [3.63, 3.8) is 0 Å². The van der Waals surface area contributed by atoms with Crippen LogP contribution in [0.15, 0.2) is 24.3 Å². The Bertz CT molecular complexity index is 369. The minimum atomic E-state index is -0.120. The number of hydrogen-bond donors (Lipinski definition) is 1. The highest BCUT2D eigenvalue weighted by Gasteiger charge is 2.09. The topological polar surface area (TPSA) is 12.0 Å². The molecule has 1 aromatic rings. The highest BCUT2D eigenvalue weighted by atomic mass is 19.1. The molecule has 0 spiro atoms. The molecule has 74 valence electrons. The van der Waals surface area contributed by atoms with Crippen molar-refractivity contribution in [2.75, 3.05) is 13.1 Å². The Kier molecular flexibility index (Phi) is 2.64. The van der Waals surface area contributed by atoms with Gasteiger partial charge in [0.05, 0.1) is 0 Å². The van der Waals surface area contributed by atoms with Gasteiger partial charge in [-0.2, -0.15) is 0 Å². The Morgan fingerprint density at radius 1 is 1.36 bits per heavy atom. The van der Waals surface area contributed by atoms with Crippen LogP contribution in [0.25, 0.3) is 5.57 Å². The maximum Gasteiger partial charge on any atom is 0.130 e. The van der Waals surface area contributed by atoms with Crippen molar-refractivity contribution in [3.8, 4) is 0 Å². The average molecular weight is 191 g/mol. The van der Waals surface area contributed by atoms with Crippen molar-refractivity contribution in [3.05, 3.63) is 41.2 Å². The Morgan fingerprint density at radius 2 is 2.21 bits per heavy atom. The number of benzene rings is 1. The second-order valence-corrected chi connectivity index (χ2v) is 3.68. The molecule has 0 saturated heterocycles. The van der Waals surface area contributed by atoms with Crippen molar-refractivity contribution in [1.29, 1.82) is 0 Å². The summed E-state index contributed by atoms with van der Waals surface area (Å²) in [5.41, 5.74) is 2.93. The maximum atomic E-state index is 13.5. The van der Waals surface area contributed by atoms with E-state index in [1.54, 1.807) is 12.1 Å². The molecule has 0 unspecified atom stereocenters. The van der Waals surface area contributed by atoms with E-state index < -0.39 is 0 Å². The Morgan fingerprint density at radius 3 is 2.93 bits per heavy atom. The van der Waals surface area contributed by atoms with Crippen LogP contribution in [0.4, 0.5) is 4.39 Å². The average Bonchev–Trinajstić information content (AvgIpc) is 2.23. The molecule has 1 aliphatic rings. The molecule has 1 aliphatic heterocycles. The van der Waals surface area contributed by atoms with Crippen LogP contribution in [0, 0.1) is 12.7 Å². The molecule has 0 fully saturated rings. The minimum Gasteiger partial charge on any atom is -0.312 e. The lowest BCUT2D eigenvalue weighted by Crippen LogP contribution is -2.21. The van der Waals surface area contributed by atoms with Crippen molar-refractivity contribution in [2.24, 2.45) is 0 Å². The first-order valence-corrected chi connectivity index (χ1v) is 4.93. The third kappa shape index (κ3) is 1.85. The van der Waals surface area contributed by atoms with E-state index >= 15 is 0 Å². The van der Waals surface area contributed by atoms with Gasteiger partial charge in [-0.15, -0.1) is 0 Å². The molecule has 1 N–H and O–H groups in total. The van der Waals surface area contributed by atoms with E-state index in [1.807, 2.05) is 13.0 Å². The van der Waals surface area contributed by atoms with Gasteiger partial charge in [-0.05, 0) is 37.6 Å². The van der Waals surface area contributed by atoms with E-state index in [2.05, 4.69) is 11.4 Å². The molecule has 1 heterocycles. The summed E-state index contributed by atoms with van der Waals surface area (Å²) in [6, 6.07) is 5.25. The largest absolute Gasteiger partial charge is 0.312 e. The molecule has 0 saturated carbocycles. The van der Waals surface area contributed by atoms with Gasteiger partial charge in [0.1, 0.15) is 5.82 Å². The Balaban J connectivity index is 2.39. The predicted octanol–water partition coefficient (Wildman–Crippen LogP) is 2.51. The molecule has 2 heteroatoms. The summed E-state index contributed by atoms with van der Waals surface area (Å²) < 4.78 is 13.5. The minimum absolute atomic E-state index is 0.120. The number of nitrogens with one attached hydrogen (secondary N) is 1. The first-order valence-electron chi connectivity index (χ1n) is 4.93. The summed E-state index contributed by atoms with van der Waals surface area (Å²) in [5.74, 6) is -0.120. The van der Waals surface area contributed by atoms with E-state index in [4.69, 9.17) is 0 Å². The quantitative estimate of drug-likeness (QED) is 0.719. The van der Waals surface area contributed by atoms with Gasteiger partial charge in [0.2, 0.25) is 0 Å². The summed E-state index contributed by atoms with van der Waals surface area (Å²) >= 11 is 0. The lowest BCUT2D eigenvalue weighted by molar-refractivity contribution is 0.620. The van der Waals surface area contributed by atoms with Crippen molar-refractivity contribution in [2.45, 2.75) is 13.3 Å².